The maximum Gasteiger partial charge on any atom is 0.326 e. The van der Waals surface area contributed by atoms with E-state index in [0.29, 0.717) is 12.6 Å². The van der Waals surface area contributed by atoms with E-state index >= 15 is 0 Å². The second kappa shape index (κ2) is 5.53. The number of nitrogens with zero attached hydrogens (tertiary/aromatic N) is 1. The summed E-state index contributed by atoms with van der Waals surface area (Å²) in [7, 11) is 0. The Bertz CT molecular complexity index is 287. The molecule has 90 valence electrons. The quantitative estimate of drug-likeness (QED) is 0.669. The maximum absolute atomic E-state index is 11.8. The fourth-order valence-electron chi connectivity index (χ4n) is 1.57. The molecule has 1 unspecified atom stereocenters. The first-order chi connectivity index (χ1) is 7.60. The van der Waals surface area contributed by atoms with E-state index in [9.17, 15) is 9.59 Å². The maximum atomic E-state index is 11.8. The number of hydrogen-bond donors (Lipinski definition) is 2. The molecule has 5 nitrogen and oxygen atoms in total. The Balaban J connectivity index is 2.51. The first kappa shape index (κ1) is 12.5. The molecule has 0 aromatic rings. The molecule has 0 bridgehead atoms. The van der Waals surface area contributed by atoms with E-state index in [1.165, 1.54) is 6.08 Å². The minimum atomic E-state index is -1.03. The molecule has 0 spiro atoms. The van der Waals surface area contributed by atoms with E-state index in [4.69, 9.17) is 5.11 Å². The SMILES string of the molecule is C=CCC(NC(=O)N(CC)C1CC1)C(=O)O. The summed E-state index contributed by atoms with van der Waals surface area (Å²) >= 11 is 0. The predicted octanol–water partition coefficient (Wildman–Crippen LogP) is 1.21. The lowest BCUT2D eigenvalue weighted by atomic mass is 10.2. The van der Waals surface area contributed by atoms with Crippen LogP contribution in [-0.4, -0.2) is 40.6 Å². The van der Waals surface area contributed by atoms with Gasteiger partial charge < -0.3 is 15.3 Å². The van der Waals surface area contributed by atoms with Crippen molar-refractivity contribution in [1.82, 2.24) is 10.2 Å². The molecule has 0 saturated heterocycles. The van der Waals surface area contributed by atoms with Crippen molar-refractivity contribution in [3.8, 4) is 0 Å². The van der Waals surface area contributed by atoms with Gasteiger partial charge in [0.1, 0.15) is 6.04 Å². The van der Waals surface area contributed by atoms with Crippen LogP contribution in [0.1, 0.15) is 26.2 Å². The molecule has 1 aliphatic carbocycles. The third-order valence-electron chi connectivity index (χ3n) is 2.59. The number of urea groups is 1. The lowest BCUT2D eigenvalue weighted by molar-refractivity contribution is -0.139. The predicted molar refractivity (Wildman–Crippen MR) is 60.2 cm³/mol. The topological polar surface area (TPSA) is 69.6 Å². The van der Waals surface area contributed by atoms with E-state index in [2.05, 4.69) is 11.9 Å². The van der Waals surface area contributed by atoms with Gasteiger partial charge in [0.15, 0.2) is 0 Å². The summed E-state index contributed by atoms with van der Waals surface area (Å²) < 4.78 is 0. The Morgan fingerprint density at radius 1 is 1.62 bits per heavy atom. The number of carbonyl (C=O) groups excluding carboxylic acids is 1. The molecule has 1 aliphatic rings. The third kappa shape index (κ3) is 3.25. The van der Waals surface area contributed by atoms with Gasteiger partial charge in [-0.3, -0.25) is 0 Å². The second-order valence-corrected chi connectivity index (χ2v) is 3.88. The number of rotatable bonds is 6. The Hall–Kier alpha value is -1.52. The number of carboxylic acids is 1. The Morgan fingerprint density at radius 2 is 2.25 bits per heavy atom. The van der Waals surface area contributed by atoms with Crippen molar-refractivity contribution in [3.63, 3.8) is 0 Å². The second-order valence-electron chi connectivity index (χ2n) is 3.88. The third-order valence-corrected chi connectivity index (χ3v) is 2.59. The molecular weight excluding hydrogens is 208 g/mol. The van der Waals surface area contributed by atoms with Crippen molar-refractivity contribution in [2.24, 2.45) is 0 Å². The molecule has 0 heterocycles. The molecule has 1 saturated carbocycles. The van der Waals surface area contributed by atoms with Crippen molar-refractivity contribution in [2.45, 2.75) is 38.3 Å². The van der Waals surface area contributed by atoms with Gasteiger partial charge in [-0.25, -0.2) is 9.59 Å². The van der Waals surface area contributed by atoms with Crippen LogP contribution in [0.4, 0.5) is 4.79 Å². The number of aliphatic carboxylic acids is 1. The summed E-state index contributed by atoms with van der Waals surface area (Å²) in [6.07, 6.45) is 3.76. The molecule has 0 radical (unpaired) electrons. The zero-order valence-electron chi connectivity index (χ0n) is 9.48. The molecular formula is C11H18N2O3. The van der Waals surface area contributed by atoms with E-state index in [-0.39, 0.29) is 12.5 Å². The average molecular weight is 226 g/mol. The molecule has 2 amide bonds. The first-order valence-corrected chi connectivity index (χ1v) is 5.51. The van der Waals surface area contributed by atoms with Crippen LogP contribution in [0.25, 0.3) is 0 Å². The lowest BCUT2D eigenvalue weighted by Gasteiger charge is -2.23. The zero-order valence-corrected chi connectivity index (χ0v) is 9.48. The van der Waals surface area contributed by atoms with Gasteiger partial charge in [0.25, 0.3) is 0 Å². The van der Waals surface area contributed by atoms with Gasteiger partial charge >= 0.3 is 12.0 Å². The molecule has 2 N–H and O–H groups in total. The van der Waals surface area contributed by atoms with E-state index < -0.39 is 12.0 Å². The number of carbonyl (C=O) groups is 2. The van der Waals surface area contributed by atoms with Crippen LogP contribution in [0, 0.1) is 0 Å². The monoisotopic (exact) mass is 226 g/mol. The summed E-state index contributed by atoms with van der Waals surface area (Å²) in [5.74, 6) is -1.03. The van der Waals surface area contributed by atoms with Crippen LogP contribution >= 0.6 is 0 Å². The van der Waals surface area contributed by atoms with Gasteiger partial charge in [-0.15, -0.1) is 6.58 Å². The average Bonchev–Trinajstić information content (AvgIpc) is 3.02. The lowest BCUT2D eigenvalue weighted by Crippen LogP contribution is -2.48. The highest BCUT2D eigenvalue weighted by molar-refractivity contribution is 5.83. The fraction of sp³-hybridized carbons (Fsp3) is 0.636. The van der Waals surface area contributed by atoms with E-state index in [1.807, 2.05) is 6.92 Å². The number of amides is 2. The standard InChI is InChI=1S/C11H18N2O3/c1-3-5-9(10(14)15)12-11(16)13(4-2)8-6-7-8/h3,8-9H,1,4-7H2,2H3,(H,12,16)(H,14,15). The van der Waals surface area contributed by atoms with Crippen molar-refractivity contribution < 1.29 is 14.7 Å². The Kier molecular flexibility index (Phi) is 4.34. The molecule has 5 heteroatoms. The number of hydrogen-bond acceptors (Lipinski definition) is 2. The molecule has 1 rings (SSSR count). The summed E-state index contributed by atoms with van der Waals surface area (Å²) in [5, 5.41) is 11.4. The van der Waals surface area contributed by atoms with Crippen LogP contribution in [-0.2, 0) is 4.79 Å². The van der Waals surface area contributed by atoms with Crippen LogP contribution in [0.3, 0.4) is 0 Å². The summed E-state index contributed by atoms with van der Waals surface area (Å²) in [5.41, 5.74) is 0. The van der Waals surface area contributed by atoms with Gasteiger partial charge in [-0.05, 0) is 26.2 Å². The molecule has 0 aromatic heterocycles. The van der Waals surface area contributed by atoms with E-state index in [1.54, 1.807) is 4.90 Å². The molecule has 1 fully saturated rings. The van der Waals surface area contributed by atoms with Crippen molar-refractivity contribution in [2.75, 3.05) is 6.54 Å². The summed E-state index contributed by atoms with van der Waals surface area (Å²) in [6.45, 7) is 5.97. The minimum absolute atomic E-state index is 0.239. The highest BCUT2D eigenvalue weighted by atomic mass is 16.4. The van der Waals surface area contributed by atoms with Crippen molar-refractivity contribution in [3.05, 3.63) is 12.7 Å². The van der Waals surface area contributed by atoms with Gasteiger partial charge in [-0.2, -0.15) is 0 Å². The molecule has 0 aromatic carbocycles. The largest absolute Gasteiger partial charge is 0.480 e. The first-order valence-electron chi connectivity index (χ1n) is 5.51. The Labute approximate surface area is 95.1 Å². The van der Waals surface area contributed by atoms with Crippen molar-refractivity contribution >= 4 is 12.0 Å². The molecule has 0 aliphatic heterocycles. The highest BCUT2D eigenvalue weighted by Crippen LogP contribution is 2.26. The smallest absolute Gasteiger partial charge is 0.326 e. The van der Waals surface area contributed by atoms with Gasteiger partial charge in [0, 0.05) is 12.6 Å². The van der Waals surface area contributed by atoms with Crippen LogP contribution in [0.15, 0.2) is 12.7 Å². The number of nitrogens with one attached hydrogen (secondary N) is 1. The summed E-state index contributed by atoms with van der Waals surface area (Å²) in [6, 6.07) is -0.875. The van der Waals surface area contributed by atoms with E-state index in [0.717, 1.165) is 12.8 Å². The zero-order chi connectivity index (χ0) is 12.1. The van der Waals surface area contributed by atoms with Gasteiger partial charge in [0.05, 0.1) is 0 Å². The normalized spacial score (nSPS) is 16.3. The number of carboxylic acid groups (broad SMARTS) is 1. The van der Waals surface area contributed by atoms with Gasteiger partial charge in [-0.1, -0.05) is 6.08 Å². The fourth-order valence-corrected chi connectivity index (χ4v) is 1.57. The van der Waals surface area contributed by atoms with Crippen molar-refractivity contribution in [1.29, 1.82) is 0 Å². The van der Waals surface area contributed by atoms with Crippen LogP contribution in [0.5, 0.6) is 0 Å². The minimum Gasteiger partial charge on any atom is -0.480 e. The Morgan fingerprint density at radius 3 is 2.62 bits per heavy atom. The van der Waals surface area contributed by atoms with Gasteiger partial charge in [0.2, 0.25) is 0 Å². The molecule has 1 atom stereocenters. The van der Waals surface area contributed by atoms with Crippen LogP contribution in [0.2, 0.25) is 0 Å². The molecule has 16 heavy (non-hydrogen) atoms. The highest BCUT2D eigenvalue weighted by Gasteiger charge is 2.32. The van der Waals surface area contributed by atoms with Crippen LogP contribution < -0.4 is 5.32 Å². The summed E-state index contributed by atoms with van der Waals surface area (Å²) in [4.78, 5) is 24.3.